The summed E-state index contributed by atoms with van der Waals surface area (Å²) in [5.41, 5.74) is 0.0166. The highest BCUT2D eigenvalue weighted by Gasteiger charge is 2.28. The first-order valence-electron chi connectivity index (χ1n) is 5.61. The van der Waals surface area contributed by atoms with Gasteiger partial charge in [0, 0.05) is 11.5 Å². The molecule has 1 saturated carbocycles. The molecule has 0 bridgehead atoms. The van der Waals surface area contributed by atoms with Crippen LogP contribution in [-0.4, -0.2) is 14.8 Å². The summed E-state index contributed by atoms with van der Waals surface area (Å²) in [6, 6.07) is 0.515. The average molecular weight is 228 g/mol. The maximum absolute atomic E-state index is 6.12. The molecular weight excluding hydrogens is 210 g/mol. The standard InChI is InChI=1S/C11H18ClN3/c1-11(2,3)9-13-14-10(12)15(9)8-6-4-5-7-8/h8H,4-7H2,1-3H3. The topological polar surface area (TPSA) is 30.7 Å². The van der Waals surface area contributed by atoms with Gasteiger partial charge >= 0.3 is 0 Å². The third-order valence-corrected chi connectivity index (χ3v) is 3.27. The average Bonchev–Trinajstić information content (AvgIpc) is 2.69. The van der Waals surface area contributed by atoms with Gasteiger partial charge in [-0.25, -0.2) is 0 Å². The summed E-state index contributed by atoms with van der Waals surface area (Å²) in [6.07, 6.45) is 5.01. The number of hydrogen-bond donors (Lipinski definition) is 0. The summed E-state index contributed by atoms with van der Waals surface area (Å²) < 4.78 is 2.13. The normalized spacial score (nSPS) is 18.7. The Labute approximate surface area is 95.8 Å². The third kappa shape index (κ3) is 2.03. The van der Waals surface area contributed by atoms with Crippen LogP contribution in [0.5, 0.6) is 0 Å². The van der Waals surface area contributed by atoms with E-state index >= 15 is 0 Å². The summed E-state index contributed by atoms with van der Waals surface area (Å²) in [7, 11) is 0. The Morgan fingerprint density at radius 1 is 1.20 bits per heavy atom. The summed E-state index contributed by atoms with van der Waals surface area (Å²) >= 11 is 6.12. The second-order valence-corrected chi connectivity index (χ2v) is 5.69. The number of hydrogen-bond acceptors (Lipinski definition) is 2. The van der Waals surface area contributed by atoms with Crippen LogP contribution in [-0.2, 0) is 5.41 Å². The van der Waals surface area contributed by atoms with Gasteiger partial charge < -0.3 is 0 Å². The molecule has 0 N–H and O–H groups in total. The van der Waals surface area contributed by atoms with Crippen molar-refractivity contribution in [3.05, 3.63) is 11.1 Å². The molecule has 15 heavy (non-hydrogen) atoms. The van der Waals surface area contributed by atoms with Gasteiger partial charge in [0.05, 0.1) is 0 Å². The van der Waals surface area contributed by atoms with Crippen LogP contribution in [0, 0.1) is 0 Å². The number of rotatable bonds is 1. The van der Waals surface area contributed by atoms with Gasteiger partial charge in [-0.05, 0) is 24.4 Å². The summed E-state index contributed by atoms with van der Waals surface area (Å²) in [5.74, 6) is 1.01. The molecule has 0 aromatic carbocycles. The molecular formula is C11H18ClN3. The zero-order valence-electron chi connectivity index (χ0n) is 9.63. The zero-order chi connectivity index (χ0) is 11.1. The quantitative estimate of drug-likeness (QED) is 0.737. The first-order valence-corrected chi connectivity index (χ1v) is 5.99. The lowest BCUT2D eigenvalue weighted by molar-refractivity contribution is 0.437. The van der Waals surface area contributed by atoms with Crippen LogP contribution in [0.15, 0.2) is 0 Å². The Balaban J connectivity index is 2.39. The van der Waals surface area contributed by atoms with E-state index in [4.69, 9.17) is 11.6 Å². The fraction of sp³-hybridized carbons (Fsp3) is 0.818. The second-order valence-electron chi connectivity index (χ2n) is 5.35. The van der Waals surface area contributed by atoms with E-state index in [0.717, 1.165) is 5.82 Å². The maximum atomic E-state index is 6.12. The van der Waals surface area contributed by atoms with E-state index in [1.54, 1.807) is 0 Å². The molecule has 1 aromatic heterocycles. The summed E-state index contributed by atoms with van der Waals surface area (Å²) in [6.45, 7) is 6.45. The lowest BCUT2D eigenvalue weighted by Crippen LogP contribution is -2.21. The van der Waals surface area contributed by atoms with E-state index in [-0.39, 0.29) is 5.41 Å². The van der Waals surface area contributed by atoms with Gasteiger partial charge in [-0.3, -0.25) is 4.57 Å². The van der Waals surface area contributed by atoms with Gasteiger partial charge in [0.2, 0.25) is 5.28 Å². The molecule has 0 spiro atoms. The molecule has 1 aliphatic rings. The van der Waals surface area contributed by atoms with Gasteiger partial charge in [-0.1, -0.05) is 33.6 Å². The highest BCUT2D eigenvalue weighted by atomic mass is 35.5. The van der Waals surface area contributed by atoms with Crippen molar-refractivity contribution in [1.82, 2.24) is 14.8 Å². The Morgan fingerprint density at radius 3 is 2.33 bits per heavy atom. The lowest BCUT2D eigenvalue weighted by atomic mass is 9.95. The minimum absolute atomic E-state index is 0.0166. The molecule has 0 radical (unpaired) electrons. The number of nitrogens with zero attached hydrogens (tertiary/aromatic N) is 3. The largest absolute Gasteiger partial charge is 0.298 e. The van der Waals surface area contributed by atoms with Crippen LogP contribution in [0.2, 0.25) is 5.28 Å². The summed E-state index contributed by atoms with van der Waals surface area (Å²) in [4.78, 5) is 0. The minimum Gasteiger partial charge on any atom is -0.298 e. The Bertz CT molecular complexity index is 345. The molecule has 3 nitrogen and oxygen atoms in total. The molecule has 0 amide bonds. The van der Waals surface area contributed by atoms with E-state index in [1.165, 1.54) is 25.7 Å². The first kappa shape index (κ1) is 10.9. The zero-order valence-corrected chi connectivity index (χ0v) is 10.4. The molecule has 0 saturated heterocycles. The highest BCUT2D eigenvalue weighted by Crippen LogP contribution is 2.35. The van der Waals surface area contributed by atoms with Crippen molar-refractivity contribution in [2.24, 2.45) is 0 Å². The Morgan fingerprint density at radius 2 is 1.80 bits per heavy atom. The number of aromatic nitrogens is 3. The van der Waals surface area contributed by atoms with E-state index in [2.05, 4.69) is 35.5 Å². The van der Waals surface area contributed by atoms with Crippen molar-refractivity contribution < 1.29 is 0 Å². The van der Waals surface area contributed by atoms with Crippen molar-refractivity contribution in [3.63, 3.8) is 0 Å². The van der Waals surface area contributed by atoms with Gasteiger partial charge in [0.25, 0.3) is 0 Å². The number of halogens is 1. The first-order chi connectivity index (χ1) is 7.00. The van der Waals surface area contributed by atoms with Crippen molar-refractivity contribution in [2.45, 2.75) is 57.9 Å². The van der Waals surface area contributed by atoms with Crippen LogP contribution < -0.4 is 0 Å². The smallest absolute Gasteiger partial charge is 0.225 e. The van der Waals surface area contributed by atoms with E-state index in [0.29, 0.717) is 11.3 Å². The fourth-order valence-electron chi connectivity index (χ4n) is 2.27. The minimum atomic E-state index is 0.0166. The van der Waals surface area contributed by atoms with E-state index in [1.807, 2.05) is 0 Å². The van der Waals surface area contributed by atoms with Crippen molar-refractivity contribution in [3.8, 4) is 0 Å². The van der Waals surface area contributed by atoms with Crippen molar-refractivity contribution >= 4 is 11.6 Å². The molecule has 0 aliphatic heterocycles. The lowest BCUT2D eigenvalue weighted by Gasteiger charge is -2.22. The predicted octanol–water partition coefficient (Wildman–Crippen LogP) is 3.34. The van der Waals surface area contributed by atoms with Crippen molar-refractivity contribution in [1.29, 1.82) is 0 Å². The monoisotopic (exact) mass is 227 g/mol. The van der Waals surface area contributed by atoms with Gasteiger partial charge in [0.1, 0.15) is 5.82 Å². The van der Waals surface area contributed by atoms with Crippen molar-refractivity contribution in [2.75, 3.05) is 0 Å². The third-order valence-electron chi connectivity index (χ3n) is 3.01. The molecule has 84 valence electrons. The Hall–Kier alpha value is -0.570. The maximum Gasteiger partial charge on any atom is 0.225 e. The molecule has 4 heteroatoms. The molecule has 2 rings (SSSR count). The summed E-state index contributed by atoms with van der Waals surface area (Å²) in [5, 5.41) is 8.77. The van der Waals surface area contributed by atoms with Gasteiger partial charge in [-0.15, -0.1) is 10.2 Å². The van der Waals surface area contributed by atoms with Crippen LogP contribution in [0.1, 0.15) is 58.3 Å². The molecule has 0 atom stereocenters. The molecule has 1 aromatic rings. The van der Waals surface area contributed by atoms with Gasteiger partial charge in [-0.2, -0.15) is 0 Å². The van der Waals surface area contributed by atoms with Crippen LogP contribution in [0.4, 0.5) is 0 Å². The van der Waals surface area contributed by atoms with Gasteiger partial charge in [0.15, 0.2) is 0 Å². The molecule has 1 aliphatic carbocycles. The predicted molar refractivity (Wildman–Crippen MR) is 61.2 cm³/mol. The second kappa shape index (κ2) is 3.78. The van der Waals surface area contributed by atoms with E-state index in [9.17, 15) is 0 Å². The Kier molecular flexibility index (Phi) is 2.75. The highest BCUT2D eigenvalue weighted by molar-refractivity contribution is 6.28. The van der Waals surface area contributed by atoms with E-state index < -0.39 is 0 Å². The van der Waals surface area contributed by atoms with Crippen LogP contribution in [0.3, 0.4) is 0 Å². The SMILES string of the molecule is CC(C)(C)c1nnc(Cl)n1C1CCCC1. The fourth-order valence-corrected chi connectivity index (χ4v) is 2.53. The molecule has 1 heterocycles. The molecule has 0 unspecified atom stereocenters. The van der Waals surface area contributed by atoms with Crippen LogP contribution in [0.25, 0.3) is 0 Å². The van der Waals surface area contributed by atoms with Crippen LogP contribution >= 0.6 is 11.6 Å². The molecule has 1 fully saturated rings.